The minimum atomic E-state index is -3.63. The van der Waals surface area contributed by atoms with Crippen LogP contribution in [0.25, 0.3) is 10.9 Å². The van der Waals surface area contributed by atoms with E-state index < -0.39 is 28.5 Å². The van der Waals surface area contributed by atoms with E-state index in [1.165, 1.54) is 28.6 Å². The lowest BCUT2D eigenvalue weighted by molar-refractivity contribution is -0.119. The van der Waals surface area contributed by atoms with Crippen molar-refractivity contribution in [2.24, 2.45) is 0 Å². The largest absolute Gasteiger partial charge is 0.452 e. The highest BCUT2D eigenvalue weighted by Crippen LogP contribution is 2.28. The number of benzene rings is 2. The third-order valence-corrected chi connectivity index (χ3v) is 8.43. The molecule has 10 nitrogen and oxygen atoms in total. The number of carbonyl (C=O) groups is 2. The summed E-state index contributed by atoms with van der Waals surface area (Å²) < 4.78 is 37.5. The van der Waals surface area contributed by atoms with Crippen molar-refractivity contribution in [3.63, 3.8) is 0 Å². The summed E-state index contributed by atoms with van der Waals surface area (Å²) in [6, 6.07) is 13.3. The Morgan fingerprint density at radius 2 is 1.78 bits per heavy atom. The fourth-order valence-corrected chi connectivity index (χ4v) is 6.01. The van der Waals surface area contributed by atoms with Crippen LogP contribution in [0.4, 0.5) is 5.69 Å². The predicted molar refractivity (Wildman–Crippen MR) is 137 cm³/mol. The molecule has 194 valence electrons. The molecule has 0 radical (unpaired) electrons. The fourth-order valence-electron chi connectivity index (χ4n) is 4.60. The van der Waals surface area contributed by atoms with Gasteiger partial charge in [-0.05, 0) is 37.4 Å². The highest BCUT2D eigenvalue weighted by Gasteiger charge is 2.27. The molecule has 2 aromatic carbocycles. The quantitative estimate of drug-likeness (QED) is 0.487. The Morgan fingerprint density at radius 1 is 1.05 bits per heavy atom. The average molecular weight is 525 g/mol. The van der Waals surface area contributed by atoms with Gasteiger partial charge in [0.25, 0.3) is 5.91 Å². The van der Waals surface area contributed by atoms with Gasteiger partial charge in [0.15, 0.2) is 6.61 Å². The van der Waals surface area contributed by atoms with Crippen molar-refractivity contribution in [2.45, 2.75) is 17.9 Å². The molecule has 1 fully saturated rings. The van der Waals surface area contributed by atoms with E-state index in [1.54, 1.807) is 0 Å². The van der Waals surface area contributed by atoms with Gasteiger partial charge in [0, 0.05) is 54.9 Å². The molecule has 0 atom stereocenters. The molecule has 37 heavy (non-hydrogen) atoms. The van der Waals surface area contributed by atoms with Crippen LogP contribution in [-0.4, -0.2) is 81.0 Å². The van der Waals surface area contributed by atoms with Crippen LogP contribution in [-0.2, 0) is 37.3 Å². The van der Waals surface area contributed by atoms with Crippen molar-refractivity contribution in [3.8, 4) is 0 Å². The lowest BCUT2D eigenvalue weighted by atomic mass is 9.96. The Balaban J connectivity index is 1.26. The van der Waals surface area contributed by atoms with E-state index in [1.807, 2.05) is 31.3 Å². The molecule has 0 unspecified atom stereocenters. The number of sulfonamides is 1. The fraction of sp³-hybridized carbons (Fsp3) is 0.346. The van der Waals surface area contributed by atoms with Crippen LogP contribution in [0.15, 0.2) is 53.4 Å². The number of morpholine rings is 1. The maximum Gasteiger partial charge on any atom is 0.339 e. The SMILES string of the molecule is CN1CCc2nc3ccccc3c(C(=O)OCC(=O)Nc3ccc(S(=O)(=O)N4CCOCC4)cc3)c2C1. The number of hydrogen-bond donors (Lipinski definition) is 1. The second kappa shape index (κ2) is 10.5. The second-order valence-corrected chi connectivity index (χ2v) is 11.0. The van der Waals surface area contributed by atoms with Crippen LogP contribution in [0.3, 0.4) is 0 Å². The summed E-state index contributed by atoms with van der Waals surface area (Å²) in [6.07, 6.45) is 0.731. The van der Waals surface area contributed by atoms with Gasteiger partial charge in [-0.15, -0.1) is 0 Å². The number of esters is 1. The number of carbonyl (C=O) groups excluding carboxylic acids is 2. The van der Waals surface area contributed by atoms with Crippen molar-refractivity contribution in [3.05, 3.63) is 65.4 Å². The molecule has 2 aliphatic rings. The average Bonchev–Trinajstić information content (AvgIpc) is 2.91. The normalized spacial score (nSPS) is 16.8. The molecule has 1 saturated heterocycles. The molecule has 3 heterocycles. The molecular formula is C26H28N4O6S. The van der Waals surface area contributed by atoms with E-state index in [0.29, 0.717) is 55.0 Å². The monoisotopic (exact) mass is 524 g/mol. The number of rotatable bonds is 6. The Morgan fingerprint density at radius 3 is 2.54 bits per heavy atom. The number of amides is 1. The topological polar surface area (TPSA) is 118 Å². The van der Waals surface area contributed by atoms with Gasteiger partial charge in [0.05, 0.1) is 29.2 Å². The summed E-state index contributed by atoms with van der Waals surface area (Å²) in [5.41, 5.74) is 3.26. The number of pyridine rings is 1. The zero-order valence-corrected chi connectivity index (χ0v) is 21.3. The summed E-state index contributed by atoms with van der Waals surface area (Å²) in [5.74, 6) is -1.10. The molecule has 3 aromatic rings. The first-order valence-corrected chi connectivity index (χ1v) is 13.5. The molecule has 0 saturated carbocycles. The number of likely N-dealkylation sites (N-methyl/N-ethyl adjacent to an activating group) is 1. The Labute approximate surface area is 215 Å². The van der Waals surface area contributed by atoms with Crippen molar-refractivity contribution in [1.29, 1.82) is 0 Å². The highest BCUT2D eigenvalue weighted by molar-refractivity contribution is 7.89. The smallest absolute Gasteiger partial charge is 0.339 e. The van der Waals surface area contributed by atoms with Gasteiger partial charge in [0.1, 0.15) is 0 Å². The number of fused-ring (bicyclic) bond motifs is 2. The van der Waals surface area contributed by atoms with Gasteiger partial charge in [-0.3, -0.25) is 9.78 Å². The number of nitrogens with one attached hydrogen (secondary N) is 1. The van der Waals surface area contributed by atoms with E-state index >= 15 is 0 Å². The highest BCUT2D eigenvalue weighted by atomic mass is 32.2. The first-order chi connectivity index (χ1) is 17.8. The Kier molecular flexibility index (Phi) is 7.20. The van der Waals surface area contributed by atoms with Crippen molar-refractivity contribution < 1.29 is 27.5 Å². The standard InChI is InChI=1S/C26H28N4O6S/c1-29-11-10-23-21(16-29)25(20-4-2-3-5-22(20)28-23)26(32)36-17-24(31)27-18-6-8-19(9-7-18)37(33,34)30-12-14-35-15-13-30/h2-9H,10-17H2,1H3,(H,27,31). The van der Waals surface area contributed by atoms with Gasteiger partial charge < -0.3 is 19.7 Å². The number of hydrogen-bond acceptors (Lipinski definition) is 8. The lowest BCUT2D eigenvalue weighted by Crippen LogP contribution is -2.40. The summed E-state index contributed by atoms with van der Waals surface area (Å²) in [7, 11) is -1.64. The van der Waals surface area contributed by atoms with Gasteiger partial charge >= 0.3 is 5.97 Å². The molecule has 5 rings (SSSR count). The molecular weight excluding hydrogens is 496 g/mol. The molecule has 0 spiro atoms. The van der Waals surface area contributed by atoms with Gasteiger partial charge in [-0.2, -0.15) is 4.31 Å². The van der Waals surface area contributed by atoms with Crippen molar-refractivity contribution in [1.82, 2.24) is 14.2 Å². The summed E-state index contributed by atoms with van der Waals surface area (Å²) in [5, 5.41) is 3.34. The van der Waals surface area contributed by atoms with Crippen LogP contribution in [0, 0.1) is 0 Å². The van der Waals surface area contributed by atoms with E-state index in [9.17, 15) is 18.0 Å². The summed E-state index contributed by atoms with van der Waals surface area (Å²) in [4.78, 5) is 32.7. The maximum absolute atomic E-state index is 13.2. The molecule has 1 amide bonds. The number of ether oxygens (including phenoxy) is 2. The summed E-state index contributed by atoms with van der Waals surface area (Å²) >= 11 is 0. The van der Waals surface area contributed by atoms with E-state index in [-0.39, 0.29) is 4.90 Å². The Bertz CT molecular complexity index is 1440. The van der Waals surface area contributed by atoms with E-state index in [4.69, 9.17) is 14.5 Å². The molecule has 0 bridgehead atoms. The maximum atomic E-state index is 13.2. The van der Waals surface area contributed by atoms with Crippen LogP contribution < -0.4 is 5.32 Å². The Hall–Kier alpha value is -3.38. The van der Waals surface area contributed by atoms with Gasteiger partial charge in [-0.1, -0.05) is 18.2 Å². The minimum absolute atomic E-state index is 0.137. The molecule has 0 aliphatic carbocycles. The van der Waals surface area contributed by atoms with E-state index in [2.05, 4.69) is 10.2 Å². The predicted octanol–water partition coefficient (Wildman–Crippen LogP) is 2.04. The van der Waals surface area contributed by atoms with Crippen molar-refractivity contribution in [2.75, 3.05) is 51.8 Å². The lowest BCUT2D eigenvalue weighted by Gasteiger charge is -2.26. The minimum Gasteiger partial charge on any atom is -0.452 e. The van der Waals surface area contributed by atoms with Gasteiger partial charge in [-0.25, -0.2) is 13.2 Å². The molecule has 1 aromatic heterocycles. The zero-order chi connectivity index (χ0) is 26.0. The van der Waals surface area contributed by atoms with Gasteiger partial charge in [0.2, 0.25) is 10.0 Å². The first kappa shape index (κ1) is 25.3. The summed E-state index contributed by atoms with van der Waals surface area (Å²) in [6.45, 7) is 2.28. The number of anilines is 1. The third-order valence-electron chi connectivity index (χ3n) is 6.52. The first-order valence-electron chi connectivity index (χ1n) is 12.1. The van der Waals surface area contributed by atoms with Crippen LogP contribution in [0.5, 0.6) is 0 Å². The second-order valence-electron chi connectivity index (χ2n) is 9.08. The number of nitrogens with zero attached hydrogens (tertiary/aromatic N) is 3. The van der Waals surface area contributed by atoms with Crippen LogP contribution in [0.1, 0.15) is 21.6 Å². The molecule has 1 N–H and O–H groups in total. The molecule has 2 aliphatic heterocycles. The third kappa shape index (κ3) is 5.35. The van der Waals surface area contributed by atoms with E-state index in [0.717, 1.165) is 24.2 Å². The van der Waals surface area contributed by atoms with Crippen LogP contribution >= 0.6 is 0 Å². The van der Waals surface area contributed by atoms with Crippen molar-refractivity contribution >= 4 is 38.5 Å². The number of aromatic nitrogens is 1. The van der Waals surface area contributed by atoms with Crippen LogP contribution in [0.2, 0.25) is 0 Å². The molecule has 11 heteroatoms. The number of para-hydroxylation sites is 1. The zero-order valence-electron chi connectivity index (χ0n) is 20.5.